The standard InChI is InChI=1S/C15H21N5/c16-13-18-14(17)20(11-12-7-3-1-4-8-12)15(19-13)9-5-2-6-10-15/h1,3-4,7-8H,2,5-6,9-11H2,(H4,16,17,18,19). The van der Waals surface area contributed by atoms with Crippen LogP contribution in [0.3, 0.4) is 0 Å². The third-order valence-electron chi connectivity index (χ3n) is 4.17. The van der Waals surface area contributed by atoms with Crippen LogP contribution < -0.4 is 11.5 Å². The number of nitrogens with two attached hydrogens (primary N) is 2. The monoisotopic (exact) mass is 271 g/mol. The highest BCUT2D eigenvalue weighted by Crippen LogP contribution is 2.37. The van der Waals surface area contributed by atoms with E-state index in [4.69, 9.17) is 11.5 Å². The average Bonchev–Trinajstić information content (AvgIpc) is 2.45. The first-order valence-corrected chi connectivity index (χ1v) is 7.21. The summed E-state index contributed by atoms with van der Waals surface area (Å²) >= 11 is 0. The Morgan fingerprint density at radius 1 is 1.05 bits per heavy atom. The van der Waals surface area contributed by atoms with E-state index in [0.717, 1.165) is 32.2 Å². The lowest BCUT2D eigenvalue weighted by atomic mass is 9.87. The van der Waals surface area contributed by atoms with E-state index < -0.39 is 0 Å². The molecule has 2 aliphatic rings. The fourth-order valence-electron chi connectivity index (χ4n) is 3.18. The summed E-state index contributed by atoms with van der Waals surface area (Å²) in [4.78, 5) is 10.9. The smallest absolute Gasteiger partial charge is 0.220 e. The molecule has 0 bridgehead atoms. The van der Waals surface area contributed by atoms with E-state index in [2.05, 4.69) is 27.0 Å². The molecule has 1 spiro atoms. The summed E-state index contributed by atoms with van der Waals surface area (Å²) in [5.41, 5.74) is 12.9. The molecule has 1 aromatic carbocycles. The number of guanidine groups is 2. The molecule has 20 heavy (non-hydrogen) atoms. The Kier molecular flexibility index (Phi) is 3.34. The molecule has 106 valence electrons. The minimum atomic E-state index is -0.288. The first-order chi connectivity index (χ1) is 9.70. The maximum atomic E-state index is 6.14. The maximum absolute atomic E-state index is 6.14. The lowest BCUT2D eigenvalue weighted by molar-refractivity contribution is 0.114. The van der Waals surface area contributed by atoms with Gasteiger partial charge in [-0.15, -0.1) is 0 Å². The predicted octanol–water partition coefficient (Wildman–Crippen LogP) is 1.79. The first-order valence-electron chi connectivity index (χ1n) is 7.21. The van der Waals surface area contributed by atoms with Gasteiger partial charge in [-0.3, -0.25) is 0 Å². The lowest BCUT2D eigenvalue weighted by Crippen LogP contribution is -2.57. The second kappa shape index (κ2) is 5.15. The molecule has 4 N–H and O–H groups in total. The van der Waals surface area contributed by atoms with E-state index in [0.29, 0.717) is 11.9 Å². The van der Waals surface area contributed by atoms with Gasteiger partial charge in [0, 0.05) is 6.54 Å². The zero-order chi connectivity index (χ0) is 14.0. The van der Waals surface area contributed by atoms with Crippen molar-refractivity contribution in [1.29, 1.82) is 0 Å². The molecule has 5 nitrogen and oxygen atoms in total. The van der Waals surface area contributed by atoms with Gasteiger partial charge in [-0.05, 0) is 31.2 Å². The Morgan fingerprint density at radius 3 is 2.45 bits per heavy atom. The third kappa shape index (κ3) is 2.35. The quantitative estimate of drug-likeness (QED) is 0.860. The van der Waals surface area contributed by atoms with Gasteiger partial charge in [-0.25, -0.2) is 4.99 Å². The molecule has 0 unspecified atom stereocenters. The summed E-state index contributed by atoms with van der Waals surface area (Å²) in [5, 5.41) is 0. The van der Waals surface area contributed by atoms with E-state index in [1.807, 2.05) is 18.2 Å². The topological polar surface area (TPSA) is 80.0 Å². The van der Waals surface area contributed by atoms with Crippen LogP contribution in [-0.4, -0.2) is 22.5 Å². The molecule has 0 amide bonds. The van der Waals surface area contributed by atoms with Gasteiger partial charge in [-0.2, -0.15) is 4.99 Å². The van der Waals surface area contributed by atoms with Crippen LogP contribution in [-0.2, 0) is 6.54 Å². The van der Waals surface area contributed by atoms with Crippen LogP contribution in [0, 0.1) is 0 Å². The van der Waals surface area contributed by atoms with Crippen molar-refractivity contribution in [2.45, 2.75) is 44.3 Å². The zero-order valence-electron chi connectivity index (χ0n) is 11.6. The summed E-state index contributed by atoms with van der Waals surface area (Å²) in [5.74, 6) is 0.803. The number of aliphatic imine (C=N–C) groups is 2. The molecule has 1 aliphatic heterocycles. The van der Waals surface area contributed by atoms with Crippen LogP contribution in [0.15, 0.2) is 40.3 Å². The van der Waals surface area contributed by atoms with Crippen molar-refractivity contribution in [3.63, 3.8) is 0 Å². The highest BCUT2D eigenvalue weighted by molar-refractivity contribution is 5.95. The van der Waals surface area contributed by atoms with Crippen molar-refractivity contribution in [2.24, 2.45) is 21.5 Å². The van der Waals surface area contributed by atoms with Crippen LogP contribution in [0.25, 0.3) is 0 Å². The first kappa shape index (κ1) is 13.0. The Morgan fingerprint density at radius 2 is 1.75 bits per heavy atom. The van der Waals surface area contributed by atoms with Crippen molar-refractivity contribution < 1.29 is 0 Å². The van der Waals surface area contributed by atoms with Crippen molar-refractivity contribution >= 4 is 11.9 Å². The highest BCUT2D eigenvalue weighted by Gasteiger charge is 2.41. The summed E-state index contributed by atoms with van der Waals surface area (Å²) < 4.78 is 0. The molecule has 0 atom stereocenters. The summed E-state index contributed by atoms with van der Waals surface area (Å²) in [7, 11) is 0. The normalized spacial score (nSPS) is 21.5. The summed E-state index contributed by atoms with van der Waals surface area (Å²) in [6.07, 6.45) is 5.58. The van der Waals surface area contributed by atoms with E-state index in [1.165, 1.54) is 12.0 Å². The highest BCUT2D eigenvalue weighted by atomic mass is 15.4. The van der Waals surface area contributed by atoms with Crippen molar-refractivity contribution in [2.75, 3.05) is 0 Å². The van der Waals surface area contributed by atoms with Gasteiger partial charge in [-0.1, -0.05) is 36.8 Å². The van der Waals surface area contributed by atoms with Crippen LogP contribution in [0.2, 0.25) is 0 Å². The maximum Gasteiger partial charge on any atom is 0.220 e. The molecular weight excluding hydrogens is 250 g/mol. The molecule has 5 heteroatoms. The number of rotatable bonds is 2. The minimum absolute atomic E-state index is 0.288. The van der Waals surface area contributed by atoms with Gasteiger partial charge < -0.3 is 16.4 Å². The molecule has 1 saturated carbocycles. The second-order valence-electron chi connectivity index (χ2n) is 5.55. The molecule has 0 aromatic heterocycles. The average molecular weight is 271 g/mol. The Labute approximate surface area is 119 Å². The molecule has 3 rings (SSSR count). The molecule has 1 heterocycles. The van der Waals surface area contributed by atoms with Crippen LogP contribution >= 0.6 is 0 Å². The van der Waals surface area contributed by atoms with Gasteiger partial charge >= 0.3 is 0 Å². The minimum Gasteiger partial charge on any atom is -0.369 e. The third-order valence-corrected chi connectivity index (χ3v) is 4.17. The number of hydrogen-bond donors (Lipinski definition) is 2. The largest absolute Gasteiger partial charge is 0.369 e. The van der Waals surface area contributed by atoms with E-state index in [1.54, 1.807) is 0 Å². The molecule has 1 aliphatic carbocycles. The predicted molar refractivity (Wildman–Crippen MR) is 81.0 cm³/mol. The van der Waals surface area contributed by atoms with Crippen LogP contribution in [0.1, 0.15) is 37.7 Å². The Hall–Kier alpha value is -2.04. The molecule has 1 fully saturated rings. The molecule has 0 saturated heterocycles. The molecule has 1 aromatic rings. The zero-order valence-corrected chi connectivity index (χ0v) is 11.6. The Balaban J connectivity index is 1.91. The number of nitrogens with zero attached hydrogens (tertiary/aromatic N) is 3. The van der Waals surface area contributed by atoms with E-state index >= 15 is 0 Å². The number of hydrogen-bond acceptors (Lipinski definition) is 5. The van der Waals surface area contributed by atoms with Gasteiger partial charge in [0.15, 0.2) is 0 Å². The SMILES string of the molecule is NC1=NC2(CCCCC2)N(Cc2ccccc2)C(N)=N1. The molecular formula is C15H21N5. The Bertz CT molecular complexity index is 528. The summed E-state index contributed by atoms with van der Waals surface area (Å²) in [6, 6.07) is 10.3. The van der Waals surface area contributed by atoms with Gasteiger partial charge in [0.1, 0.15) is 5.66 Å². The van der Waals surface area contributed by atoms with E-state index in [-0.39, 0.29) is 5.66 Å². The van der Waals surface area contributed by atoms with Gasteiger partial charge in [0.2, 0.25) is 11.9 Å². The van der Waals surface area contributed by atoms with Crippen molar-refractivity contribution in [3.8, 4) is 0 Å². The van der Waals surface area contributed by atoms with E-state index in [9.17, 15) is 0 Å². The summed E-state index contributed by atoms with van der Waals surface area (Å²) in [6.45, 7) is 0.729. The van der Waals surface area contributed by atoms with Crippen molar-refractivity contribution in [3.05, 3.63) is 35.9 Å². The fourth-order valence-corrected chi connectivity index (χ4v) is 3.18. The van der Waals surface area contributed by atoms with Crippen LogP contribution in [0.4, 0.5) is 0 Å². The van der Waals surface area contributed by atoms with Crippen molar-refractivity contribution in [1.82, 2.24) is 4.90 Å². The van der Waals surface area contributed by atoms with Gasteiger partial charge in [0.05, 0.1) is 0 Å². The fraction of sp³-hybridized carbons (Fsp3) is 0.467. The van der Waals surface area contributed by atoms with Crippen LogP contribution in [0.5, 0.6) is 0 Å². The molecule has 0 radical (unpaired) electrons. The second-order valence-corrected chi connectivity index (χ2v) is 5.55. The lowest BCUT2D eigenvalue weighted by Gasteiger charge is -2.45. The van der Waals surface area contributed by atoms with Gasteiger partial charge in [0.25, 0.3) is 0 Å². The number of benzene rings is 1.